The van der Waals surface area contributed by atoms with Crippen LogP contribution in [0.15, 0.2) is 58.1 Å². The minimum absolute atomic E-state index is 0.146. The Morgan fingerprint density at radius 1 is 1.04 bits per heavy atom. The van der Waals surface area contributed by atoms with Gasteiger partial charge in [-0.3, -0.25) is 4.79 Å². The van der Waals surface area contributed by atoms with Crippen molar-refractivity contribution < 1.29 is 17.4 Å². The summed E-state index contributed by atoms with van der Waals surface area (Å²) in [5.41, 5.74) is 0.606. The van der Waals surface area contributed by atoms with Crippen LogP contribution in [0.3, 0.4) is 0 Å². The van der Waals surface area contributed by atoms with Crippen molar-refractivity contribution in [3.05, 3.63) is 53.9 Å². The molecule has 1 amide bonds. The molecule has 23 heavy (non-hydrogen) atoms. The number of anilines is 1. The number of hydrogen-bond acceptors (Lipinski definition) is 5. The SMILES string of the molecule is CC(=O)Nc1ccc(OS(=O)(=O)c2cccs2)c2ccccc12. The highest BCUT2D eigenvalue weighted by molar-refractivity contribution is 7.89. The monoisotopic (exact) mass is 347 g/mol. The average Bonchev–Trinajstić information content (AvgIpc) is 3.04. The summed E-state index contributed by atoms with van der Waals surface area (Å²) < 4.78 is 30.0. The van der Waals surface area contributed by atoms with E-state index in [4.69, 9.17) is 4.18 Å². The maximum Gasteiger partial charge on any atom is 0.348 e. The summed E-state index contributed by atoms with van der Waals surface area (Å²) in [6, 6.07) is 13.5. The van der Waals surface area contributed by atoms with Gasteiger partial charge in [-0.15, -0.1) is 11.3 Å². The first-order chi connectivity index (χ1) is 11.0. The first kappa shape index (κ1) is 15.5. The number of benzene rings is 2. The molecular formula is C16H13NO4S2. The van der Waals surface area contributed by atoms with Gasteiger partial charge in [-0.2, -0.15) is 8.42 Å². The Hall–Kier alpha value is -2.38. The first-order valence-electron chi connectivity index (χ1n) is 6.75. The summed E-state index contributed by atoms with van der Waals surface area (Å²) in [5.74, 6) is 0.0260. The Balaban J connectivity index is 2.08. The summed E-state index contributed by atoms with van der Waals surface area (Å²) in [7, 11) is -3.87. The summed E-state index contributed by atoms with van der Waals surface area (Å²) in [5, 5.41) is 5.72. The minimum Gasteiger partial charge on any atom is -0.378 e. The lowest BCUT2D eigenvalue weighted by molar-refractivity contribution is -0.114. The fourth-order valence-electron chi connectivity index (χ4n) is 2.21. The number of hydrogen-bond donors (Lipinski definition) is 1. The molecule has 0 aliphatic rings. The zero-order valence-corrected chi connectivity index (χ0v) is 13.8. The lowest BCUT2D eigenvalue weighted by Crippen LogP contribution is -2.09. The number of carbonyl (C=O) groups is 1. The molecule has 1 heterocycles. The van der Waals surface area contributed by atoms with Crippen molar-refractivity contribution in [2.75, 3.05) is 5.32 Å². The zero-order valence-electron chi connectivity index (χ0n) is 12.1. The van der Waals surface area contributed by atoms with Crippen LogP contribution in [0.4, 0.5) is 5.69 Å². The minimum atomic E-state index is -3.87. The molecule has 0 saturated carbocycles. The molecule has 1 aromatic heterocycles. The van der Waals surface area contributed by atoms with Crippen molar-refractivity contribution in [3.8, 4) is 5.75 Å². The summed E-state index contributed by atoms with van der Waals surface area (Å²) >= 11 is 1.10. The maximum absolute atomic E-state index is 12.3. The third kappa shape index (κ3) is 3.20. The van der Waals surface area contributed by atoms with Crippen LogP contribution in [0.2, 0.25) is 0 Å². The van der Waals surface area contributed by atoms with Crippen LogP contribution in [-0.4, -0.2) is 14.3 Å². The van der Waals surface area contributed by atoms with Crippen molar-refractivity contribution in [2.45, 2.75) is 11.1 Å². The molecule has 0 fully saturated rings. The highest BCUT2D eigenvalue weighted by Gasteiger charge is 2.19. The second-order valence-electron chi connectivity index (χ2n) is 4.81. The van der Waals surface area contributed by atoms with E-state index < -0.39 is 10.1 Å². The molecule has 0 unspecified atom stereocenters. The van der Waals surface area contributed by atoms with Crippen LogP contribution < -0.4 is 9.50 Å². The van der Waals surface area contributed by atoms with Gasteiger partial charge in [-0.1, -0.05) is 30.3 Å². The van der Waals surface area contributed by atoms with Crippen LogP contribution in [0.25, 0.3) is 10.8 Å². The maximum atomic E-state index is 12.3. The van der Waals surface area contributed by atoms with Crippen LogP contribution in [0.1, 0.15) is 6.92 Å². The Bertz CT molecular complexity index is 963. The Kier molecular flexibility index (Phi) is 4.06. The lowest BCUT2D eigenvalue weighted by atomic mass is 10.1. The van der Waals surface area contributed by atoms with Crippen LogP contribution in [0.5, 0.6) is 5.75 Å². The number of thiophene rings is 1. The van der Waals surface area contributed by atoms with Gasteiger partial charge >= 0.3 is 10.1 Å². The van der Waals surface area contributed by atoms with Gasteiger partial charge in [-0.05, 0) is 23.6 Å². The van der Waals surface area contributed by atoms with E-state index >= 15 is 0 Å². The van der Waals surface area contributed by atoms with Crippen LogP contribution in [0, 0.1) is 0 Å². The fraction of sp³-hybridized carbons (Fsp3) is 0.0625. The Morgan fingerprint density at radius 2 is 1.78 bits per heavy atom. The zero-order chi connectivity index (χ0) is 16.4. The van der Waals surface area contributed by atoms with Crippen molar-refractivity contribution in [1.82, 2.24) is 0 Å². The van der Waals surface area contributed by atoms with Crippen molar-refractivity contribution in [3.63, 3.8) is 0 Å². The van der Waals surface area contributed by atoms with E-state index in [1.807, 2.05) is 6.07 Å². The molecule has 0 aliphatic carbocycles. The van der Waals surface area contributed by atoms with Crippen molar-refractivity contribution in [2.24, 2.45) is 0 Å². The normalized spacial score (nSPS) is 11.3. The molecule has 0 spiro atoms. The topological polar surface area (TPSA) is 72.5 Å². The van der Waals surface area contributed by atoms with Gasteiger partial charge in [0.1, 0.15) is 0 Å². The van der Waals surface area contributed by atoms with Gasteiger partial charge in [0, 0.05) is 23.4 Å². The molecule has 2 aromatic carbocycles. The second kappa shape index (κ2) is 6.02. The largest absolute Gasteiger partial charge is 0.378 e. The predicted molar refractivity (Wildman–Crippen MR) is 90.4 cm³/mol. The predicted octanol–water partition coefficient (Wildman–Crippen LogP) is 3.63. The number of rotatable bonds is 4. The second-order valence-corrected chi connectivity index (χ2v) is 7.53. The molecule has 0 bridgehead atoms. The summed E-state index contributed by atoms with van der Waals surface area (Å²) in [6.45, 7) is 1.42. The third-order valence-corrected chi connectivity index (χ3v) is 5.73. The van der Waals surface area contributed by atoms with E-state index in [-0.39, 0.29) is 15.9 Å². The van der Waals surface area contributed by atoms with Crippen LogP contribution in [-0.2, 0) is 14.9 Å². The number of carbonyl (C=O) groups excluding carboxylic acids is 1. The van der Waals surface area contributed by atoms with E-state index in [9.17, 15) is 13.2 Å². The highest BCUT2D eigenvalue weighted by Crippen LogP contribution is 2.33. The van der Waals surface area contributed by atoms with Crippen molar-refractivity contribution >= 4 is 43.8 Å². The smallest absolute Gasteiger partial charge is 0.348 e. The van der Waals surface area contributed by atoms with E-state index in [1.54, 1.807) is 41.8 Å². The van der Waals surface area contributed by atoms with Gasteiger partial charge in [0.05, 0.1) is 0 Å². The van der Waals surface area contributed by atoms with Crippen molar-refractivity contribution in [1.29, 1.82) is 0 Å². The molecule has 0 atom stereocenters. The van der Waals surface area contributed by atoms with E-state index in [2.05, 4.69) is 5.32 Å². The number of nitrogens with one attached hydrogen (secondary N) is 1. The summed E-state index contributed by atoms with van der Waals surface area (Å²) in [6.07, 6.45) is 0. The molecule has 0 saturated heterocycles. The molecule has 5 nitrogen and oxygen atoms in total. The third-order valence-electron chi connectivity index (χ3n) is 3.14. The number of fused-ring (bicyclic) bond motifs is 1. The molecule has 1 N–H and O–H groups in total. The average molecular weight is 347 g/mol. The van der Waals surface area contributed by atoms with Crippen LogP contribution >= 0.6 is 11.3 Å². The quantitative estimate of drug-likeness (QED) is 0.732. The Labute approximate surface area is 137 Å². The van der Waals surface area contributed by atoms with Gasteiger partial charge in [-0.25, -0.2) is 0 Å². The molecule has 3 aromatic rings. The molecule has 7 heteroatoms. The molecule has 0 radical (unpaired) electrons. The molecule has 0 aliphatic heterocycles. The van der Waals surface area contributed by atoms with Gasteiger partial charge < -0.3 is 9.50 Å². The standard InChI is InChI=1S/C16H13NO4S2/c1-11(18)17-14-8-9-15(13-6-3-2-5-12(13)14)21-23(19,20)16-7-4-10-22-16/h2-10H,1H3,(H,17,18). The van der Waals surface area contributed by atoms with Gasteiger partial charge in [0.15, 0.2) is 9.96 Å². The lowest BCUT2D eigenvalue weighted by Gasteiger charge is -2.12. The Morgan fingerprint density at radius 3 is 2.43 bits per heavy atom. The summed E-state index contributed by atoms with van der Waals surface area (Å²) in [4.78, 5) is 11.3. The van der Waals surface area contributed by atoms with Gasteiger partial charge in [0.25, 0.3) is 0 Å². The molecular weight excluding hydrogens is 334 g/mol. The van der Waals surface area contributed by atoms with E-state index in [1.165, 1.54) is 13.0 Å². The van der Waals surface area contributed by atoms with E-state index in [0.29, 0.717) is 16.5 Å². The van der Waals surface area contributed by atoms with E-state index in [0.717, 1.165) is 11.3 Å². The fourth-order valence-corrected chi connectivity index (χ4v) is 4.11. The number of amides is 1. The molecule has 3 rings (SSSR count). The molecule has 118 valence electrons. The first-order valence-corrected chi connectivity index (χ1v) is 9.03. The highest BCUT2D eigenvalue weighted by atomic mass is 32.3. The van der Waals surface area contributed by atoms with Gasteiger partial charge in [0.2, 0.25) is 5.91 Å².